The fourth-order valence-electron chi connectivity index (χ4n) is 2.57. The van der Waals surface area contributed by atoms with Crippen LogP contribution in [0.4, 0.5) is 4.79 Å². The Morgan fingerprint density at radius 3 is 2.85 bits per heavy atom. The van der Waals surface area contributed by atoms with E-state index in [-0.39, 0.29) is 6.54 Å². The van der Waals surface area contributed by atoms with Gasteiger partial charge in [0.1, 0.15) is 18.9 Å². The zero-order valence-electron chi connectivity index (χ0n) is 13.9. The first kappa shape index (κ1) is 16.3. The van der Waals surface area contributed by atoms with Crippen LogP contribution in [0, 0.1) is 6.92 Å². The highest BCUT2D eigenvalue weighted by atomic mass is 32.1. The van der Waals surface area contributed by atoms with Gasteiger partial charge in [-0.15, -0.1) is 16.4 Å². The molecule has 0 fully saturated rings. The molecule has 3 aromatic rings. The highest BCUT2D eigenvalue weighted by Gasteiger charge is 2.18. The van der Waals surface area contributed by atoms with E-state index in [0.29, 0.717) is 42.1 Å². The van der Waals surface area contributed by atoms with Crippen molar-refractivity contribution in [1.82, 2.24) is 25.1 Å². The topological polar surface area (TPSA) is 117 Å². The van der Waals surface area contributed by atoms with Crippen molar-refractivity contribution >= 4 is 17.4 Å². The summed E-state index contributed by atoms with van der Waals surface area (Å²) in [6.07, 6.45) is 0. The molecule has 0 spiro atoms. The molecule has 26 heavy (non-hydrogen) atoms. The van der Waals surface area contributed by atoms with E-state index >= 15 is 0 Å². The molecule has 9 nitrogen and oxygen atoms in total. The number of primary amides is 1. The number of hydrogen-bond acceptors (Lipinski definition) is 7. The summed E-state index contributed by atoms with van der Waals surface area (Å²) in [4.78, 5) is 20.0. The third kappa shape index (κ3) is 3.18. The molecule has 3 heterocycles. The van der Waals surface area contributed by atoms with Crippen molar-refractivity contribution in [3.05, 3.63) is 34.4 Å². The summed E-state index contributed by atoms with van der Waals surface area (Å²) in [5.74, 6) is 2.34. The van der Waals surface area contributed by atoms with Crippen LogP contribution in [0.3, 0.4) is 0 Å². The number of benzene rings is 1. The molecule has 134 valence electrons. The van der Waals surface area contributed by atoms with Crippen LogP contribution in [0.15, 0.2) is 23.6 Å². The summed E-state index contributed by atoms with van der Waals surface area (Å²) in [7, 11) is 0. The normalized spacial score (nSPS) is 12.8. The van der Waals surface area contributed by atoms with Crippen LogP contribution >= 0.6 is 11.3 Å². The maximum absolute atomic E-state index is 11.1. The van der Waals surface area contributed by atoms with Crippen LogP contribution in [0.2, 0.25) is 0 Å². The van der Waals surface area contributed by atoms with E-state index in [0.717, 1.165) is 10.7 Å². The van der Waals surface area contributed by atoms with Crippen molar-refractivity contribution in [3.63, 3.8) is 0 Å². The number of fused-ring (bicyclic) bond motifs is 1. The van der Waals surface area contributed by atoms with Gasteiger partial charge in [0.2, 0.25) is 5.82 Å². The number of rotatable bonds is 4. The van der Waals surface area contributed by atoms with Crippen LogP contribution < -0.4 is 20.5 Å². The van der Waals surface area contributed by atoms with Crippen LogP contribution in [-0.4, -0.2) is 39.0 Å². The number of ether oxygens (including phenoxy) is 2. The first-order chi connectivity index (χ1) is 12.6. The number of nitrogens with zero attached hydrogens (tertiary/aromatic N) is 4. The summed E-state index contributed by atoms with van der Waals surface area (Å²) < 4.78 is 12.8. The molecule has 0 unspecified atom stereocenters. The monoisotopic (exact) mass is 372 g/mol. The van der Waals surface area contributed by atoms with Gasteiger partial charge in [-0.25, -0.2) is 19.4 Å². The number of amides is 2. The number of nitrogens with two attached hydrogens (primary N) is 1. The van der Waals surface area contributed by atoms with Crippen molar-refractivity contribution in [3.8, 4) is 28.7 Å². The summed E-state index contributed by atoms with van der Waals surface area (Å²) in [5.41, 5.74) is 6.61. The average molecular weight is 372 g/mol. The molecule has 0 saturated heterocycles. The summed E-state index contributed by atoms with van der Waals surface area (Å²) >= 11 is 1.52. The number of thiazole rings is 1. The SMILES string of the molecule is Cc1nc(-c2nc(CNC(N)=O)n(-c3ccc4c(c3)OCCO4)n2)cs1. The second kappa shape index (κ2) is 6.64. The number of urea groups is 1. The zero-order chi connectivity index (χ0) is 18.1. The molecule has 0 bridgehead atoms. The van der Waals surface area contributed by atoms with Gasteiger partial charge in [0.05, 0.1) is 17.2 Å². The van der Waals surface area contributed by atoms with E-state index < -0.39 is 6.03 Å². The van der Waals surface area contributed by atoms with Crippen LogP contribution in [0.5, 0.6) is 11.5 Å². The molecule has 3 N–H and O–H groups in total. The molecule has 0 aliphatic carbocycles. The molecular weight excluding hydrogens is 356 g/mol. The molecule has 1 aromatic carbocycles. The predicted molar refractivity (Wildman–Crippen MR) is 94.6 cm³/mol. The molecule has 2 aromatic heterocycles. The number of carbonyl (C=O) groups is 1. The van der Waals surface area contributed by atoms with E-state index in [1.807, 2.05) is 30.5 Å². The molecule has 1 aliphatic rings. The summed E-state index contributed by atoms with van der Waals surface area (Å²) in [5, 5.41) is 9.91. The van der Waals surface area contributed by atoms with E-state index in [2.05, 4.69) is 20.4 Å². The van der Waals surface area contributed by atoms with Crippen molar-refractivity contribution in [2.45, 2.75) is 13.5 Å². The largest absolute Gasteiger partial charge is 0.486 e. The Balaban J connectivity index is 1.75. The number of carbonyl (C=O) groups excluding carboxylic acids is 1. The van der Waals surface area contributed by atoms with E-state index in [9.17, 15) is 4.79 Å². The summed E-state index contributed by atoms with van der Waals surface area (Å²) in [6.45, 7) is 3.07. The smallest absolute Gasteiger partial charge is 0.312 e. The maximum Gasteiger partial charge on any atom is 0.312 e. The lowest BCUT2D eigenvalue weighted by molar-refractivity contribution is 0.171. The first-order valence-corrected chi connectivity index (χ1v) is 8.80. The molecule has 1 aliphatic heterocycles. The molecule has 0 saturated carbocycles. The van der Waals surface area contributed by atoms with E-state index in [4.69, 9.17) is 15.2 Å². The Labute approximate surface area is 152 Å². The van der Waals surface area contributed by atoms with E-state index in [1.54, 1.807) is 4.68 Å². The quantitative estimate of drug-likeness (QED) is 0.719. The van der Waals surface area contributed by atoms with Crippen molar-refractivity contribution in [2.75, 3.05) is 13.2 Å². The van der Waals surface area contributed by atoms with Crippen LogP contribution in [0.25, 0.3) is 17.2 Å². The first-order valence-electron chi connectivity index (χ1n) is 7.92. The number of nitrogens with one attached hydrogen (secondary N) is 1. The van der Waals surface area contributed by atoms with Gasteiger partial charge in [-0.3, -0.25) is 0 Å². The minimum Gasteiger partial charge on any atom is -0.486 e. The van der Waals surface area contributed by atoms with Gasteiger partial charge in [-0.05, 0) is 19.1 Å². The van der Waals surface area contributed by atoms with Crippen molar-refractivity contribution in [2.24, 2.45) is 5.73 Å². The highest BCUT2D eigenvalue weighted by molar-refractivity contribution is 7.09. The molecule has 2 amide bonds. The molecule has 10 heteroatoms. The lowest BCUT2D eigenvalue weighted by Crippen LogP contribution is -2.29. The molecular formula is C16H16N6O3S. The summed E-state index contributed by atoms with van der Waals surface area (Å²) in [6, 6.07) is 4.87. The molecule has 4 rings (SSSR count). The Morgan fingerprint density at radius 2 is 2.12 bits per heavy atom. The van der Waals surface area contributed by atoms with Gasteiger partial charge in [0.25, 0.3) is 0 Å². The third-order valence-electron chi connectivity index (χ3n) is 3.71. The number of aryl methyl sites for hydroxylation is 1. The fourth-order valence-corrected chi connectivity index (χ4v) is 3.16. The number of hydrogen-bond donors (Lipinski definition) is 2. The van der Waals surface area contributed by atoms with Gasteiger partial charge < -0.3 is 20.5 Å². The third-order valence-corrected chi connectivity index (χ3v) is 4.49. The number of aromatic nitrogens is 4. The Kier molecular flexibility index (Phi) is 4.17. The van der Waals surface area contributed by atoms with Crippen LogP contribution in [-0.2, 0) is 6.54 Å². The minimum atomic E-state index is -0.632. The van der Waals surface area contributed by atoms with Gasteiger partial charge in [-0.1, -0.05) is 0 Å². The van der Waals surface area contributed by atoms with Gasteiger partial charge >= 0.3 is 6.03 Å². The molecule has 0 atom stereocenters. The highest BCUT2D eigenvalue weighted by Crippen LogP contribution is 2.32. The van der Waals surface area contributed by atoms with Gasteiger partial charge in [-0.2, -0.15) is 0 Å². The van der Waals surface area contributed by atoms with Gasteiger partial charge in [0, 0.05) is 11.4 Å². The van der Waals surface area contributed by atoms with E-state index in [1.165, 1.54) is 11.3 Å². The predicted octanol–water partition coefficient (Wildman–Crippen LogP) is 1.64. The second-order valence-corrected chi connectivity index (χ2v) is 6.62. The Bertz CT molecular complexity index is 967. The standard InChI is InChI=1S/C16H16N6O3S/c1-9-19-11(8-26-9)15-20-14(7-18-16(17)23)22(21-15)10-2-3-12-13(6-10)25-5-4-24-12/h2-3,6,8H,4-5,7H2,1H3,(H3,17,18,23). The molecule has 0 radical (unpaired) electrons. The average Bonchev–Trinajstić information content (AvgIpc) is 3.25. The minimum absolute atomic E-state index is 0.139. The lowest BCUT2D eigenvalue weighted by Gasteiger charge is -2.19. The fraction of sp³-hybridized carbons (Fsp3) is 0.250. The van der Waals surface area contributed by atoms with Crippen LogP contribution in [0.1, 0.15) is 10.8 Å². The second-order valence-electron chi connectivity index (χ2n) is 5.56. The maximum atomic E-state index is 11.1. The Morgan fingerprint density at radius 1 is 1.31 bits per heavy atom. The zero-order valence-corrected chi connectivity index (χ0v) is 14.7. The van der Waals surface area contributed by atoms with Crippen molar-refractivity contribution < 1.29 is 14.3 Å². The van der Waals surface area contributed by atoms with Gasteiger partial charge in [0.15, 0.2) is 17.3 Å². The Hall–Kier alpha value is -3.14. The lowest BCUT2D eigenvalue weighted by atomic mass is 10.2. The van der Waals surface area contributed by atoms with Crippen molar-refractivity contribution in [1.29, 1.82) is 0 Å².